The molecular weight excluding hydrogens is 216 g/mol. The Morgan fingerprint density at radius 1 is 1.50 bits per heavy atom. The number of hydrogen-bond acceptors (Lipinski definition) is 6. The van der Waals surface area contributed by atoms with E-state index in [0.29, 0.717) is 13.2 Å². The molecule has 1 fully saturated rings. The second-order valence-corrected chi connectivity index (χ2v) is 3.59. The summed E-state index contributed by atoms with van der Waals surface area (Å²) >= 11 is 0. The molecule has 1 aliphatic rings. The maximum absolute atomic E-state index is 11.5. The van der Waals surface area contributed by atoms with E-state index in [1.165, 1.54) is 7.11 Å². The zero-order valence-corrected chi connectivity index (χ0v) is 9.30. The van der Waals surface area contributed by atoms with Gasteiger partial charge in [-0.05, 0) is 12.8 Å². The summed E-state index contributed by atoms with van der Waals surface area (Å²) in [6, 6.07) is 0. The lowest BCUT2D eigenvalue weighted by atomic mass is 9.99. The van der Waals surface area contributed by atoms with Crippen LogP contribution in [0.15, 0.2) is 0 Å². The standard InChI is InChI=1S/C10H18O6/c1-14-9(13)8(7(12)3-4-11)10-15-5-2-6-16-10/h7-8,10-12H,2-6H2,1H3. The summed E-state index contributed by atoms with van der Waals surface area (Å²) in [4.78, 5) is 11.5. The van der Waals surface area contributed by atoms with E-state index in [9.17, 15) is 9.90 Å². The third kappa shape index (κ3) is 3.41. The molecule has 0 aromatic rings. The van der Waals surface area contributed by atoms with Gasteiger partial charge in [0.2, 0.25) is 0 Å². The van der Waals surface area contributed by atoms with Crippen molar-refractivity contribution in [3.8, 4) is 0 Å². The first-order valence-corrected chi connectivity index (χ1v) is 5.30. The van der Waals surface area contributed by atoms with E-state index in [2.05, 4.69) is 4.74 Å². The average molecular weight is 234 g/mol. The predicted molar refractivity (Wildman–Crippen MR) is 53.5 cm³/mol. The zero-order chi connectivity index (χ0) is 12.0. The van der Waals surface area contributed by atoms with Crippen molar-refractivity contribution in [2.45, 2.75) is 25.2 Å². The first-order valence-electron chi connectivity index (χ1n) is 5.30. The minimum absolute atomic E-state index is 0.0863. The Balaban J connectivity index is 2.64. The Bertz CT molecular complexity index is 213. The quantitative estimate of drug-likeness (QED) is 0.611. The second kappa shape index (κ2) is 6.80. The molecule has 94 valence electrons. The first-order chi connectivity index (χ1) is 7.70. The normalized spacial score (nSPS) is 21.4. The molecule has 0 bridgehead atoms. The van der Waals surface area contributed by atoms with Crippen molar-refractivity contribution < 1.29 is 29.2 Å². The van der Waals surface area contributed by atoms with Gasteiger partial charge >= 0.3 is 5.97 Å². The van der Waals surface area contributed by atoms with Crippen LogP contribution in [0.4, 0.5) is 0 Å². The van der Waals surface area contributed by atoms with Gasteiger partial charge in [0.1, 0.15) is 5.92 Å². The number of aliphatic hydroxyl groups excluding tert-OH is 2. The monoisotopic (exact) mass is 234 g/mol. The molecule has 6 nitrogen and oxygen atoms in total. The molecular formula is C10H18O6. The fraction of sp³-hybridized carbons (Fsp3) is 0.900. The van der Waals surface area contributed by atoms with Gasteiger partial charge in [0.05, 0.1) is 26.4 Å². The minimum atomic E-state index is -1.03. The molecule has 1 heterocycles. The van der Waals surface area contributed by atoms with Gasteiger partial charge in [0.15, 0.2) is 6.29 Å². The number of methoxy groups -OCH3 is 1. The van der Waals surface area contributed by atoms with E-state index >= 15 is 0 Å². The third-order valence-electron chi connectivity index (χ3n) is 2.46. The van der Waals surface area contributed by atoms with Crippen LogP contribution in [0.2, 0.25) is 0 Å². The van der Waals surface area contributed by atoms with Crippen LogP contribution < -0.4 is 0 Å². The third-order valence-corrected chi connectivity index (χ3v) is 2.46. The van der Waals surface area contributed by atoms with Crippen LogP contribution in [-0.4, -0.2) is 55.5 Å². The zero-order valence-electron chi connectivity index (χ0n) is 9.30. The van der Waals surface area contributed by atoms with E-state index in [1.807, 2.05) is 0 Å². The fourth-order valence-electron chi connectivity index (χ4n) is 1.61. The van der Waals surface area contributed by atoms with Gasteiger partial charge in [-0.1, -0.05) is 0 Å². The molecule has 0 amide bonds. The van der Waals surface area contributed by atoms with Crippen LogP contribution in [0.5, 0.6) is 0 Å². The second-order valence-electron chi connectivity index (χ2n) is 3.59. The molecule has 0 spiro atoms. The van der Waals surface area contributed by atoms with Crippen LogP contribution in [0.25, 0.3) is 0 Å². The average Bonchev–Trinajstić information content (AvgIpc) is 2.31. The molecule has 0 aromatic heterocycles. The molecule has 16 heavy (non-hydrogen) atoms. The summed E-state index contributed by atoms with van der Waals surface area (Å²) in [5.41, 5.74) is 0. The first kappa shape index (κ1) is 13.4. The SMILES string of the molecule is COC(=O)C(C(O)CCO)C1OCCCO1. The van der Waals surface area contributed by atoms with Crippen LogP contribution in [-0.2, 0) is 19.0 Å². The highest BCUT2D eigenvalue weighted by Gasteiger charge is 2.38. The molecule has 2 N–H and O–H groups in total. The van der Waals surface area contributed by atoms with E-state index in [1.54, 1.807) is 0 Å². The number of carbonyl (C=O) groups is 1. The molecule has 1 rings (SSSR count). The highest BCUT2D eigenvalue weighted by Crippen LogP contribution is 2.21. The Morgan fingerprint density at radius 2 is 2.12 bits per heavy atom. The Labute approximate surface area is 94.1 Å². The van der Waals surface area contributed by atoms with Crippen molar-refractivity contribution in [1.82, 2.24) is 0 Å². The van der Waals surface area contributed by atoms with Crippen LogP contribution >= 0.6 is 0 Å². The van der Waals surface area contributed by atoms with E-state index in [4.69, 9.17) is 14.6 Å². The molecule has 2 atom stereocenters. The number of aliphatic hydroxyl groups is 2. The number of ether oxygens (including phenoxy) is 3. The number of rotatable bonds is 5. The van der Waals surface area contributed by atoms with Gasteiger partial charge in [0, 0.05) is 6.61 Å². The summed E-state index contributed by atoms with van der Waals surface area (Å²) in [6.45, 7) is 0.773. The van der Waals surface area contributed by atoms with Gasteiger partial charge in [-0.2, -0.15) is 0 Å². The lowest BCUT2D eigenvalue weighted by molar-refractivity contribution is -0.226. The van der Waals surface area contributed by atoms with Gasteiger partial charge < -0.3 is 24.4 Å². The molecule has 6 heteroatoms. The highest BCUT2D eigenvalue weighted by atomic mass is 16.7. The maximum atomic E-state index is 11.5. The van der Waals surface area contributed by atoms with Crippen molar-refractivity contribution in [1.29, 1.82) is 0 Å². The predicted octanol–water partition coefficient (Wildman–Crippen LogP) is -0.718. The molecule has 2 unspecified atom stereocenters. The van der Waals surface area contributed by atoms with E-state index < -0.39 is 24.3 Å². The molecule has 1 saturated heterocycles. The summed E-state index contributed by atoms with van der Waals surface area (Å²) < 4.78 is 15.1. The van der Waals surface area contributed by atoms with Gasteiger partial charge in [-0.25, -0.2) is 0 Å². The topological polar surface area (TPSA) is 85.2 Å². The van der Waals surface area contributed by atoms with Gasteiger partial charge in [-0.15, -0.1) is 0 Å². The van der Waals surface area contributed by atoms with Crippen LogP contribution in [0.3, 0.4) is 0 Å². The smallest absolute Gasteiger partial charge is 0.316 e. The van der Waals surface area contributed by atoms with E-state index in [-0.39, 0.29) is 13.0 Å². The van der Waals surface area contributed by atoms with Gasteiger partial charge in [0.25, 0.3) is 0 Å². The van der Waals surface area contributed by atoms with Crippen molar-refractivity contribution in [3.05, 3.63) is 0 Å². The Hall–Kier alpha value is -0.690. The Kier molecular flexibility index (Phi) is 5.68. The summed E-state index contributed by atoms with van der Waals surface area (Å²) in [5, 5.41) is 18.5. The van der Waals surface area contributed by atoms with Crippen molar-refractivity contribution in [3.63, 3.8) is 0 Å². The van der Waals surface area contributed by atoms with Crippen molar-refractivity contribution >= 4 is 5.97 Å². The number of esters is 1. The number of hydrogen-bond donors (Lipinski definition) is 2. The molecule has 0 radical (unpaired) electrons. The summed E-state index contributed by atoms with van der Waals surface area (Å²) in [6.07, 6.45) is -0.966. The fourth-order valence-corrected chi connectivity index (χ4v) is 1.61. The van der Waals surface area contributed by atoms with Gasteiger partial charge in [-0.3, -0.25) is 4.79 Å². The maximum Gasteiger partial charge on any atom is 0.316 e. The molecule has 1 aliphatic heterocycles. The van der Waals surface area contributed by atoms with Crippen LogP contribution in [0, 0.1) is 5.92 Å². The van der Waals surface area contributed by atoms with Crippen molar-refractivity contribution in [2.75, 3.05) is 26.9 Å². The van der Waals surface area contributed by atoms with Crippen LogP contribution in [0.1, 0.15) is 12.8 Å². The molecule has 0 aliphatic carbocycles. The van der Waals surface area contributed by atoms with E-state index in [0.717, 1.165) is 6.42 Å². The molecule has 0 saturated carbocycles. The summed E-state index contributed by atoms with van der Waals surface area (Å²) in [5.74, 6) is -1.50. The Morgan fingerprint density at radius 3 is 2.62 bits per heavy atom. The van der Waals surface area contributed by atoms with Crippen molar-refractivity contribution in [2.24, 2.45) is 5.92 Å². The number of carbonyl (C=O) groups excluding carboxylic acids is 1. The minimum Gasteiger partial charge on any atom is -0.469 e. The summed E-state index contributed by atoms with van der Waals surface area (Å²) in [7, 11) is 1.24. The molecule has 0 aromatic carbocycles. The lowest BCUT2D eigenvalue weighted by Crippen LogP contribution is -2.44. The highest BCUT2D eigenvalue weighted by molar-refractivity contribution is 5.73. The lowest BCUT2D eigenvalue weighted by Gasteiger charge is -2.31. The largest absolute Gasteiger partial charge is 0.469 e.